The molecule has 0 amide bonds. The second kappa shape index (κ2) is 5.16. The number of benzene rings is 1. The van der Waals surface area contributed by atoms with Crippen molar-refractivity contribution in [2.24, 2.45) is 0 Å². The van der Waals surface area contributed by atoms with Crippen molar-refractivity contribution in [1.82, 2.24) is 5.32 Å². The quantitative estimate of drug-likeness (QED) is 0.882. The average molecular weight is 255 g/mol. The van der Waals surface area contributed by atoms with Crippen molar-refractivity contribution >= 4 is 11.8 Å². The number of nitrogens with zero attached hydrogens (tertiary/aromatic N) is 2. The van der Waals surface area contributed by atoms with Crippen molar-refractivity contribution < 1.29 is 0 Å². The first-order chi connectivity index (χ1) is 8.71. The zero-order valence-corrected chi connectivity index (χ0v) is 11.1. The Kier molecular flexibility index (Phi) is 3.60. The van der Waals surface area contributed by atoms with Crippen LogP contribution in [0.15, 0.2) is 34.9 Å². The van der Waals surface area contributed by atoms with Gasteiger partial charge in [-0.2, -0.15) is 10.5 Å². The molecule has 0 saturated heterocycles. The van der Waals surface area contributed by atoms with Gasteiger partial charge in [-0.3, -0.25) is 0 Å². The highest BCUT2D eigenvalue weighted by molar-refractivity contribution is 8.02. The van der Waals surface area contributed by atoms with E-state index in [1.807, 2.05) is 18.4 Å². The van der Waals surface area contributed by atoms with Crippen LogP contribution in [0.25, 0.3) is 0 Å². The number of nitrogens with one attached hydrogen (secondary N) is 1. The Balaban J connectivity index is 2.40. The van der Waals surface area contributed by atoms with Gasteiger partial charge in [-0.05, 0) is 30.9 Å². The molecular weight excluding hydrogens is 242 g/mol. The molecule has 0 fully saturated rings. The molecule has 1 N–H and O–H groups in total. The molecule has 0 spiro atoms. The predicted octanol–water partition coefficient (Wildman–Crippen LogP) is 2.73. The number of nitriles is 2. The van der Waals surface area contributed by atoms with E-state index in [2.05, 4.69) is 24.4 Å². The highest BCUT2D eigenvalue weighted by atomic mass is 32.2. The standard InChI is InChI=1S/C14H13N3S/c1-9-13(12(8-16)14(17-9)18-2)11-5-3-10(7-15)4-6-11/h3-6,9,13,17H,1-2H3. The molecule has 0 aromatic heterocycles. The second-order valence-corrected chi connectivity index (χ2v) is 5.02. The third-order valence-electron chi connectivity index (χ3n) is 3.14. The molecule has 0 bridgehead atoms. The van der Waals surface area contributed by atoms with Crippen LogP contribution in [-0.4, -0.2) is 12.3 Å². The topological polar surface area (TPSA) is 59.6 Å². The second-order valence-electron chi connectivity index (χ2n) is 4.20. The van der Waals surface area contributed by atoms with E-state index in [9.17, 15) is 5.26 Å². The molecular formula is C14H13N3S. The van der Waals surface area contributed by atoms with Crippen LogP contribution in [0.3, 0.4) is 0 Å². The largest absolute Gasteiger partial charge is 0.376 e. The van der Waals surface area contributed by atoms with Gasteiger partial charge >= 0.3 is 0 Å². The van der Waals surface area contributed by atoms with Gasteiger partial charge in [0, 0.05) is 12.0 Å². The molecule has 2 atom stereocenters. The van der Waals surface area contributed by atoms with Crippen molar-refractivity contribution in [2.45, 2.75) is 18.9 Å². The Morgan fingerprint density at radius 2 is 1.83 bits per heavy atom. The summed E-state index contributed by atoms with van der Waals surface area (Å²) in [5.41, 5.74) is 2.51. The van der Waals surface area contributed by atoms with Crippen LogP contribution < -0.4 is 5.32 Å². The van der Waals surface area contributed by atoms with Crippen LogP contribution in [0.1, 0.15) is 24.0 Å². The number of thioether (sulfide) groups is 1. The van der Waals surface area contributed by atoms with Crippen molar-refractivity contribution in [2.75, 3.05) is 6.26 Å². The Morgan fingerprint density at radius 1 is 1.17 bits per heavy atom. The molecule has 1 aromatic rings. The summed E-state index contributed by atoms with van der Waals surface area (Å²) in [6, 6.07) is 12.1. The monoisotopic (exact) mass is 255 g/mol. The first-order valence-electron chi connectivity index (χ1n) is 5.66. The third kappa shape index (κ3) is 2.08. The summed E-state index contributed by atoms with van der Waals surface area (Å²) < 4.78 is 0. The highest BCUT2D eigenvalue weighted by Crippen LogP contribution is 2.37. The van der Waals surface area contributed by atoms with E-state index < -0.39 is 0 Å². The molecule has 90 valence electrons. The summed E-state index contributed by atoms with van der Waals surface area (Å²) in [5, 5.41) is 22.4. The van der Waals surface area contributed by atoms with Gasteiger partial charge in [0.05, 0.1) is 28.3 Å². The van der Waals surface area contributed by atoms with Crippen molar-refractivity contribution in [3.63, 3.8) is 0 Å². The molecule has 1 aromatic carbocycles. The Morgan fingerprint density at radius 3 is 2.33 bits per heavy atom. The van der Waals surface area contributed by atoms with Gasteiger partial charge in [0.25, 0.3) is 0 Å². The van der Waals surface area contributed by atoms with Crippen LogP contribution in [0.2, 0.25) is 0 Å². The van der Waals surface area contributed by atoms with E-state index >= 15 is 0 Å². The minimum absolute atomic E-state index is 0.0743. The van der Waals surface area contributed by atoms with Crippen molar-refractivity contribution in [3.8, 4) is 12.1 Å². The molecule has 0 saturated carbocycles. The lowest BCUT2D eigenvalue weighted by Crippen LogP contribution is -2.23. The maximum Gasteiger partial charge on any atom is 0.0991 e. The number of rotatable bonds is 2. The van der Waals surface area contributed by atoms with E-state index in [-0.39, 0.29) is 12.0 Å². The van der Waals surface area contributed by atoms with Crippen LogP contribution in [0.4, 0.5) is 0 Å². The van der Waals surface area contributed by atoms with E-state index in [4.69, 9.17) is 5.26 Å². The molecule has 1 heterocycles. The van der Waals surface area contributed by atoms with Gasteiger partial charge < -0.3 is 5.32 Å². The van der Waals surface area contributed by atoms with Crippen molar-refractivity contribution in [3.05, 3.63) is 46.0 Å². The molecule has 4 heteroatoms. The Hall–Kier alpha value is -1.91. The summed E-state index contributed by atoms with van der Waals surface area (Å²) in [5.74, 6) is 0.0743. The van der Waals surface area contributed by atoms with Gasteiger partial charge in [0.15, 0.2) is 0 Å². The maximum absolute atomic E-state index is 9.30. The van der Waals surface area contributed by atoms with Crippen molar-refractivity contribution in [1.29, 1.82) is 10.5 Å². The molecule has 0 radical (unpaired) electrons. The smallest absolute Gasteiger partial charge is 0.0991 e. The minimum atomic E-state index is 0.0743. The number of hydrogen-bond acceptors (Lipinski definition) is 4. The average Bonchev–Trinajstić information content (AvgIpc) is 2.74. The fourth-order valence-corrected chi connectivity index (χ4v) is 2.96. The lowest BCUT2D eigenvalue weighted by molar-refractivity contribution is 0.612. The first-order valence-corrected chi connectivity index (χ1v) is 6.88. The van der Waals surface area contributed by atoms with Crippen LogP contribution >= 0.6 is 11.8 Å². The third-order valence-corrected chi connectivity index (χ3v) is 3.88. The lowest BCUT2D eigenvalue weighted by Gasteiger charge is -2.16. The summed E-state index contributed by atoms with van der Waals surface area (Å²) >= 11 is 1.57. The van der Waals surface area contributed by atoms with Gasteiger partial charge in [0.1, 0.15) is 0 Å². The summed E-state index contributed by atoms with van der Waals surface area (Å²) in [6.07, 6.45) is 1.97. The maximum atomic E-state index is 9.30. The normalized spacial score (nSPS) is 22.2. The zero-order valence-electron chi connectivity index (χ0n) is 10.3. The number of hydrogen-bond donors (Lipinski definition) is 1. The van der Waals surface area contributed by atoms with E-state index in [0.29, 0.717) is 5.56 Å². The lowest BCUT2D eigenvalue weighted by atomic mass is 9.88. The summed E-state index contributed by atoms with van der Waals surface area (Å²) in [4.78, 5) is 0. The Bertz CT molecular complexity index is 560. The zero-order chi connectivity index (χ0) is 13.1. The fraction of sp³-hybridized carbons (Fsp3) is 0.286. The molecule has 2 rings (SSSR count). The van der Waals surface area contributed by atoms with Crippen LogP contribution in [-0.2, 0) is 0 Å². The van der Waals surface area contributed by atoms with Crippen LogP contribution in [0.5, 0.6) is 0 Å². The Labute approximate surface area is 111 Å². The van der Waals surface area contributed by atoms with E-state index in [1.54, 1.807) is 23.9 Å². The first kappa shape index (κ1) is 12.5. The van der Waals surface area contributed by atoms with E-state index in [1.165, 1.54) is 0 Å². The molecule has 1 aliphatic heterocycles. The molecule has 0 aliphatic carbocycles. The molecule has 18 heavy (non-hydrogen) atoms. The predicted molar refractivity (Wildman–Crippen MR) is 72.6 cm³/mol. The fourth-order valence-electron chi connectivity index (χ4n) is 2.27. The minimum Gasteiger partial charge on any atom is -0.376 e. The van der Waals surface area contributed by atoms with E-state index in [0.717, 1.165) is 16.2 Å². The highest BCUT2D eigenvalue weighted by Gasteiger charge is 2.32. The van der Waals surface area contributed by atoms with Gasteiger partial charge in [-0.15, -0.1) is 11.8 Å². The van der Waals surface area contributed by atoms with Gasteiger partial charge in [-0.1, -0.05) is 12.1 Å². The van der Waals surface area contributed by atoms with Gasteiger partial charge in [0.2, 0.25) is 0 Å². The van der Waals surface area contributed by atoms with Gasteiger partial charge in [-0.25, -0.2) is 0 Å². The summed E-state index contributed by atoms with van der Waals surface area (Å²) in [6.45, 7) is 2.07. The van der Waals surface area contributed by atoms with Crippen LogP contribution in [0, 0.1) is 22.7 Å². The summed E-state index contributed by atoms with van der Waals surface area (Å²) in [7, 11) is 0. The molecule has 1 aliphatic rings. The molecule has 3 nitrogen and oxygen atoms in total. The SMILES string of the molecule is CSC1=C(C#N)C(c2ccc(C#N)cc2)C(C)N1. The molecule has 2 unspecified atom stereocenters.